The standard InChI is InChI=1S/C24H35N3O3S/c1-22-8-5-16(26-27-21(25)31)12-15(22)3-4-19-18(22)6-9-23(2)17(7-10-24(19,23)29)14-11-20(28)30-13-14/h11,15,17-19,29H,3-10,12-13H2,1-2H3,(H3,25,27,31)/b26-16+/t15-,17-,18+,19-,22+,23-,24-/m1/s1. The number of carbonyl (C=O) groups is 1. The maximum Gasteiger partial charge on any atom is 0.331 e. The first kappa shape index (κ1) is 21.4. The Bertz CT molecular complexity index is 872. The van der Waals surface area contributed by atoms with Crippen molar-refractivity contribution in [1.82, 2.24) is 5.43 Å². The van der Waals surface area contributed by atoms with Gasteiger partial charge < -0.3 is 15.6 Å². The van der Waals surface area contributed by atoms with Crippen LogP contribution in [0.25, 0.3) is 0 Å². The average Bonchev–Trinajstić information content (AvgIpc) is 3.26. The van der Waals surface area contributed by atoms with Crippen molar-refractivity contribution in [1.29, 1.82) is 0 Å². The zero-order valence-corrected chi connectivity index (χ0v) is 19.5. The molecule has 4 saturated carbocycles. The molecule has 0 aromatic heterocycles. The lowest BCUT2D eigenvalue weighted by atomic mass is 9.43. The molecule has 170 valence electrons. The van der Waals surface area contributed by atoms with Gasteiger partial charge in [0, 0.05) is 17.2 Å². The van der Waals surface area contributed by atoms with Crippen LogP contribution in [0.4, 0.5) is 0 Å². The van der Waals surface area contributed by atoms with Crippen LogP contribution in [0.15, 0.2) is 16.8 Å². The van der Waals surface area contributed by atoms with Gasteiger partial charge >= 0.3 is 5.97 Å². The summed E-state index contributed by atoms with van der Waals surface area (Å²) in [6.07, 6.45) is 11.0. The van der Waals surface area contributed by atoms with E-state index in [0.29, 0.717) is 24.4 Å². The monoisotopic (exact) mass is 445 g/mol. The Labute approximate surface area is 190 Å². The highest BCUT2D eigenvalue weighted by Crippen LogP contribution is 2.69. The summed E-state index contributed by atoms with van der Waals surface area (Å²) in [5.74, 6) is 1.52. The van der Waals surface area contributed by atoms with E-state index in [9.17, 15) is 9.90 Å². The van der Waals surface area contributed by atoms with Crippen LogP contribution in [0.3, 0.4) is 0 Å². The van der Waals surface area contributed by atoms with Crippen LogP contribution >= 0.6 is 12.2 Å². The topological polar surface area (TPSA) is 96.9 Å². The van der Waals surface area contributed by atoms with Gasteiger partial charge in [-0.15, -0.1) is 0 Å². The molecule has 7 heteroatoms. The zero-order valence-electron chi connectivity index (χ0n) is 18.7. The molecule has 0 radical (unpaired) electrons. The molecule has 7 atom stereocenters. The number of rotatable bonds is 2. The fourth-order valence-corrected chi connectivity index (χ4v) is 8.49. The first-order valence-electron chi connectivity index (χ1n) is 11.9. The first-order valence-corrected chi connectivity index (χ1v) is 12.3. The fourth-order valence-electron chi connectivity index (χ4n) is 8.45. The number of nitrogens with zero attached hydrogens (tertiary/aromatic N) is 1. The average molecular weight is 446 g/mol. The van der Waals surface area contributed by atoms with Crippen LogP contribution in [-0.4, -0.2) is 34.1 Å². The second kappa shape index (κ2) is 7.27. The molecule has 31 heavy (non-hydrogen) atoms. The lowest BCUT2D eigenvalue weighted by molar-refractivity contribution is -0.200. The van der Waals surface area contributed by atoms with Crippen molar-refractivity contribution in [2.24, 2.45) is 45.3 Å². The summed E-state index contributed by atoms with van der Waals surface area (Å²) in [6, 6.07) is 0. The molecule has 5 aliphatic rings. The van der Waals surface area contributed by atoms with Crippen molar-refractivity contribution in [2.45, 2.75) is 77.2 Å². The molecular weight excluding hydrogens is 410 g/mol. The SMILES string of the molecule is C[C@]12CC/C(=N\NC(N)=S)C[C@H]1CC[C@@H]1[C@@H]2CC[C@]2(C)[C@@H](C3=CC(=O)OC3)CC[C@@]12O. The van der Waals surface area contributed by atoms with Crippen molar-refractivity contribution >= 4 is 29.0 Å². The third-order valence-electron chi connectivity index (χ3n) is 10.1. The number of thiocarbonyl (C=S) groups is 1. The van der Waals surface area contributed by atoms with Crippen LogP contribution in [0.1, 0.15) is 71.6 Å². The van der Waals surface area contributed by atoms with E-state index < -0.39 is 5.60 Å². The molecule has 0 saturated heterocycles. The molecule has 4 fully saturated rings. The predicted molar refractivity (Wildman–Crippen MR) is 123 cm³/mol. The van der Waals surface area contributed by atoms with Gasteiger partial charge in [0.2, 0.25) is 0 Å². The van der Waals surface area contributed by atoms with Gasteiger partial charge in [-0.1, -0.05) is 13.8 Å². The van der Waals surface area contributed by atoms with Gasteiger partial charge in [-0.3, -0.25) is 5.43 Å². The van der Waals surface area contributed by atoms with E-state index >= 15 is 0 Å². The Morgan fingerprint density at radius 1 is 1.23 bits per heavy atom. The van der Waals surface area contributed by atoms with Crippen LogP contribution < -0.4 is 11.2 Å². The van der Waals surface area contributed by atoms with Crippen LogP contribution in [0.5, 0.6) is 0 Å². The molecule has 6 nitrogen and oxygen atoms in total. The number of hydrazone groups is 1. The number of carbonyl (C=O) groups excluding carboxylic acids is 1. The van der Waals surface area contributed by atoms with Gasteiger partial charge in [-0.25, -0.2) is 4.79 Å². The third-order valence-corrected chi connectivity index (χ3v) is 10.2. The molecule has 0 aromatic rings. The maximum atomic E-state index is 12.2. The van der Waals surface area contributed by atoms with Gasteiger partial charge in [0.1, 0.15) is 6.61 Å². The third kappa shape index (κ3) is 3.10. The summed E-state index contributed by atoms with van der Waals surface area (Å²) in [5.41, 5.74) is 10.0. The number of fused-ring (bicyclic) bond motifs is 5. The fraction of sp³-hybridized carbons (Fsp3) is 0.792. The predicted octanol–water partition coefficient (Wildman–Crippen LogP) is 3.43. The molecule has 0 bridgehead atoms. The number of cyclic esters (lactones) is 1. The Morgan fingerprint density at radius 2 is 2.03 bits per heavy atom. The lowest BCUT2D eigenvalue weighted by Crippen LogP contribution is -2.62. The Balaban J connectivity index is 1.39. The highest BCUT2D eigenvalue weighted by Gasteiger charge is 2.67. The summed E-state index contributed by atoms with van der Waals surface area (Å²) in [4.78, 5) is 11.7. The van der Waals surface area contributed by atoms with Gasteiger partial charge in [0.25, 0.3) is 0 Å². The van der Waals surface area contributed by atoms with Crippen LogP contribution in [0, 0.1) is 34.5 Å². The number of hydrogen-bond donors (Lipinski definition) is 3. The molecule has 4 aliphatic carbocycles. The number of esters is 1. The Hall–Kier alpha value is -1.47. The molecule has 0 spiro atoms. The van der Waals surface area contributed by atoms with E-state index in [1.807, 2.05) is 0 Å². The van der Waals surface area contributed by atoms with E-state index in [0.717, 1.165) is 63.4 Å². The Kier molecular flexibility index (Phi) is 5.02. The minimum Gasteiger partial charge on any atom is -0.458 e. The molecule has 1 aliphatic heterocycles. The van der Waals surface area contributed by atoms with Crippen molar-refractivity contribution in [2.75, 3.05) is 6.61 Å². The van der Waals surface area contributed by atoms with Gasteiger partial charge in [0.05, 0.1) is 5.60 Å². The summed E-state index contributed by atoms with van der Waals surface area (Å²) in [6.45, 7) is 5.16. The minimum atomic E-state index is -0.650. The Morgan fingerprint density at radius 3 is 2.74 bits per heavy atom. The van der Waals surface area contributed by atoms with Crippen molar-refractivity contribution < 1.29 is 14.6 Å². The second-order valence-corrected chi connectivity index (χ2v) is 11.6. The second-order valence-electron chi connectivity index (χ2n) is 11.1. The molecule has 4 N–H and O–H groups in total. The molecule has 1 heterocycles. The first-order chi connectivity index (χ1) is 14.7. The molecule has 0 aromatic carbocycles. The molecular formula is C24H35N3O3S. The maximum absolute atomic E-state index is 12.2. The summed E-state index contributed by atoms with van der Waals surface area (Å²) in [7, 11) is 0. The normalized spacial score (nSPS) is 47.8. The van der Waals surface area contributed by atoms with Crippen molar-refractivity contribution in [3.05, 3.63) is 11.6 Å². The van der Waals surface area contributed by atoms with Gasteiger partial charge in [-0.05, 0) is 105 Å². The molecule has 0 unspecified atom stereocenters. The van der Waals surface area contributed by atoms with E-state index in [4.69, 9.17) is 22.7 Å². The molecule has 5 rings (SSSR count). The summed E-state index contributed by atoms with van der Waals surface area (Å²) >= 11 is 4.90. The zero-order chi connectivity index (χ0) is 22.0. The van der Waals surface area contributed by atoms with E-state index in [2.05, 4.69) is 24.4 Å². The van der Waals surface area contributed by atoms with Crippen molar-refractivity contribution in [3.63, 3.8) is 0 Å². The highest BCUT2D eigenvalue weighted by molar-refractivity contribution is 7.80. The molecule has 0 amide bonds. The smallest absolute Gasteiger partial charge is 0.331 e. The quantitative estimate of drug-likeness (QED) is 0.342. The van der Waals surface area contributed by atoms with E-state index in [1.54, 1.807) is 6.08 Å². The number of ether oxygens (including phenoxy) is 1. The van der Waals surface area contributed by atoms with Crippen molar-refractivity contribution in [3.8, 4) is 0 Å². The van der Waals surface area contributed by atoms with Crippen LogP contribution in [-0.2, 0) is 9.53 Å². The minimum absolute atomic E-state index is 0.167. The largest absolute Gasteiger partial charge is 0.458 e. The summed E-state index contributed by atoms with van der Waals surface area (Å²) in [5, 5.41) is 16.9. The van der Waals surface area contributed by atoms with E-state index in [1.165, 1.54) is 5.71 Å². The summed E-state index contributed by atoms with van der Waals surface area (Å²) < 4.78 is 5.23. The number of hydrogen-bond acceptors (Lipinski definition) is 5. The van der Waals surface area contributed by atoms with Gasteiger partial charge in [0.15, 0.2) is 5.11 Å². The van der Waals surface area contributed by atoms with Gasteiger partial charge in [-0.2, -0.15) is 5.10 Å². The lowest BCUT2D eigenvalue weighted by Gasteiger charge is -2.63. The van der Waals surface area contributed by atoms with E-state index in [-0.39, 0.29) is 27.8 Å². The number of nitrogens with one attached hydrogen (secondary N) is 1. The number of nitrogens with two attached hydrogens (primary N) is 1. The highest BCUT2D eigenvalue weighted by atomic mass is 32.1. The van der Waals surface area contributed by atoms with Crippen LogP contribution in [0.2, 0.25) is 0 Å². The number of aliphatic hydroxyl groups is 1.